The fourth-order valence-corrected chi connectivity index (χ4v) is 2.97. The fraction of sp³-hybridized carbons (Fsp3) is 0.556. The zero-order valence-electron chi connectivity index (χ0n) is 14.6. The molecule has 1 saturated heterocycles. The molecule has 0 radical (unpaired) electrons. The van der Waals surface area contributed by atoms with Crippen molar-refractivity contribution in [1.29, 1.82) is 0 Å². The molecule has 6 nitrogen and oxygen atoms in total. The molecular weight excluding hydrogens is 302 g/mol. The van der Waals surface area contributed by atoms with Gasteiger partial charge in [0.2, 0.25) is 0 Å². The van der Waals surface area contributed by atoms with Gasteiger partial charge in [-0.1, -0.05) is 12.1 Å². The second-order valence-electron chi connectivity index (χ2n) is 6.47. The summed E-state index contributed by atoms with van der Waals surface area (Å²) in [5.41, 5.74) is 1.99. The Bertz CT molecular complexity index is 655. The highest BCUT2D eigenvalue weighted by Gasteiger charge is 2.29. The Morgan fingerprint density at radius 2 is 2.25 bits per heavy atom. The maximum absolute atomic E-state index is 5.80. The lowest BCUT2D eigenvalue weighted by Crippen LogP contribution is -2.40. The number of hydrogen-bond donors (Lipinski definition) is 3. The Labute approximate surface area is 143 Å². The van der Waals surface area contributed by atoms with E-state index in [1.165, 1.54) is 0 Å². The molecule has 130 valence electrons. The molecule has 0 amide bonds. The van der Waals surface area contributed by atoms with Crippen molar-refractivity contribution in [3.05, 3.63) is 30.1 Å². The van der Waals surface area contributed by atoms with E-state index in [0.29, 0.717) is 6.54 Å². The molecule has 1 aromatic carbocycles. The number of aromatic amines is 1. The van der Waals surface area contributed by atoms with Gasteiger partial charge in [-0.3, -0.25) is 4.99 Å². The van der Waals surface area contributed by atoms with Gasteiger partial charge in [-0.15, -0.1) is 0 Å². The molecule has 0 bridgehead atoms. The van der Waals surface area contributed by atoms with Gasteiger partial charge in [0.05, 0.1) is 23.2 Å². The van der Waals surface area contributed by atoms with Crippen LogP contribution in [0.1, 0.15) is 32.5 Å². The van der Waals surface area contributed by atoms with Gasteiger partial charge in [0.25, 0.3) is 0 Å². The van der Waals surface area contributed by atoms with E-state index in [2.05, 4.69) is 39.4 Å². The van der Waals surface area contributed by atoms with Gasteiger partial charge in [-0.05, 0) is 38.8 Å². The summed E-state index contributed by atoms with van der Waals surface area (Å²) in [6, 6.07) is 8.10. The highest BCUT2D eigenvalue weighted by Crippen LogP contribution is 2.24. The van der Waals surface area contributed by atoms with Crippen molar-refractivity contribution in [2.24, 2.45) is 4.99 Å². The van der Waals surface area contributed by atoms with Gasteiger partial charge in [0, 0.05) is 26.1 Å². The zero-order valence-corrected chi connectivity index (χ0v) is 14.6. The number of rotatable bonds is 6. The quantitative estimate of drug-likeness (QED) is 0.561. The number of aromatic nitrogens is 2. The lowest BCUT2D eigenvalue weighted by molar-refractivity contribution is 0.0283. The molecule has 1 aliphatic heterocycles. The van der Waals surface area contributed by atoms with Gasteiger partial charge in [-0.2, -0.15) is 0 Å². The molecule has 3 N–H and O–H groups in total. The van der Waals surface area contributed by atoms with Crippen LogP contribution in [0.2, 0.25) is 0 Å². The van der Waals surface area contributed by atoms with E-state index in [-0.39, 0.29) is 5.60 Å². The Hall–Kier alpha value is -2.08. The highest BCUT2D eigenvalue weighted by atomic mass is 16.5. The van der Waals surface area contributed by atoms with E-state index in [0.717, 1.165) is 61.8 Å². The number of hydrogen-bond acceptors (Lipinski definition) is 3. The first-order valence-electron chi connectivity index (χ1n) is 8.78. The Morgan fingerprint density at radius 3 is 3.00 bits per heavy atom. The first-order valence-corrected chi connectivity index (χ1v) is 8.78. The largest absolute Gasteiger partial charge is 0.373 e. The molecule has 2 aromatic rings. The predicted molar refractivity (Wildman–Crippen MR) is 97.4 cm³/mol. The van der Waals surface area contributed by atoms with Crippen LogP contribution in [-0.2, 0) is 11.2 Å². The lowest BCUT2D eigenvalue weighted by Gasteiger charge is -2.21. The predicted octanol–water partition coefficient (Wildman–Crippen LogP) is 2.23. The van der Waals surface area contributed by atoms with Crippen molar-refractivity contribution in [3.8, 4) is 0 Å². The van der Waals surface area contributed by atoms with E-state index in [4.69, 9.17) is 4.74 Å². The molecule has 1 fully saturated rings. The van der Waals surface area contributed by atoms with E-state index >= 15 is 0 Å². The van der Waals surface area contributed by atoms with Crippen molar-refractivity contribution in [2.75, 3.05) is 26.2 Å². The molecule has 3 rings (SSSR count). The summed E-state index contributed by atoms with van der Waals surface area (Å²) in [7, 11) is 0. The van der Waals surface area contributed by atoms with Crippen molar-refractivity contribution in [2.45, 2.75) is 38.7 Å². The van der Waals surface area contributed by atoms with Crippen molar-refractivity contribution in [3.63, 3.8) is 0 Å². The first kappa shape index (κ1) is 16.8. The number of H-pyrrole nitrogens is 1. The van der Waals surface area contributed by atoms with Crippen LogP contribution in [-0.4, -0.2) is 47.8 Å². The number of nitrogens with one attached hydrogen (secondary N) is 3. The third kappa shape index (κ3) is 4.26. The Balaban J connectivity index is 1.53. The number of aliphatic imine (C=N–C) groups is 1. The van der Waals surface area contributed by atoms with Crippen LogP contribution in [0.4, 0.5) is 0 Å². The van der Waals surface area contributed by atoms with Crippen LogP contribution in [0, 0.1) is 0 Å². The van der Waals surface area contributed by atoms with Crippen molar-refractivity contribution < 1.29 is 4.74 Å². The molecule has 6 heteroatoms. The van der Waals surface area contributed by atoms with Gasteiger partial charge in [0.15, 0.2) is 5.96 Å². The summed E-state index contributed by atoms with van der Waals surface area (Å²) >= 11 is 0. The van der Waals surface area contributed by atoms with Gasteiger partial charge < -0.3 is 20.4 Å². The third-order valence-corrected chi connectivity index (χ3v) is 4.31. The second kappa shape index (κ2) is 7.66. The Morgan fingerprint density at radius 1 is 1.38 bits per heavy atom. The number of ether oxygens (including phenoxy) is 1. The summed E-state index contributed by atoms with van der Waals surface area (Å²) in [5.74, 6) is 1.83. The molecule has 1 aromatic heterocycles. The molecule has 0 saturated carbocycles. The highest BCUT2D eigenvalue weighted by molar-refractivity contribution is 5.79. The van der Waals surface area contributed by atoms with E-state index in [1.54, 1.807) is 0 Å². The van der Waals surface area contributed by atoms with Crippen LogP contribution in [0.15, 0.2) is 29.3 Å². The second-order valence-corrected chi connectivity index (χ2v) is 6.47. The van der Waals surface area contributed by atoms with Gasteiger partial charge >= 0.3 is 0 Å². The van der Waals surface area contributed by atoms with Crippen LogP contribution in [0.25, 0.3) is 11.0 Å². The summed E-state index contributed by atoms with van der Waals surface area (Å²) in [5, 5.41) is 6.67. The van der Waals surface area contributed by atoms with Crippen LogP contribution >= 0.6 is 0 Å². The average molecular weight is 329 g/mol. The minimum absolute atomic E-state index is 0.110. The molecule has 2 heterocycles. The number of guanidine groups is 1. The van der Waals surface area contributed by atoms with Crippen LogP contribution < -0.4 is 10.6 Å². The number of nitrogens with zero attached hydrogens (tertiary/aromatic N) is 2. The van der Waals surface area contributed by atoms with Crippen LogP contribution in [0.3, 0.4) is 0 Å². The maximum atomic E-state index is 5.80. The van der Waals surface area contributed by atoms with Crippen LogP contribution in [0.5, 0.6) is 0 Å². The summed E-state index contributed by atoms with van der Waals surface area (Å²) in [4.78, 5) is 12.6. The molecule has 1 unspecified atom stereocenters. The average Bonchev–Trinajstić information content (AvgIpc) is 3.19. The summed E-state index contributed by atoms with van der Waals surface area (Å²) in [6.07, 6.45) is 3.03. The topological polar surface area (TPSA) is 74.3 Å². The number of para-hydroxylation sites is 2. The smallest absolute Gasteiger partial charge is 0.191 e. The zero-order chi connectivity index (χ0) is 16.8. The molecule has 0 aliphatic carbocycles. The Kier molecular flexibility index (Phi) is 5.35. The molecule has 1 aliphatic rings. The number of imidazole rings is 1. The normalized spacial score (nSPS) is 21.3. The van der Waals surface area contributed by atoms with Gasteiger partial charge in [0.1, 0.15) is 5.82 Å². The summed E-state index contributed by atoms with van der Waals surface area (Å²) in [6.45, 7) is 7.37. The molecular formula is C18H27N5O. The maximum Gasteiger partial charge on any atom is 0.191 e. The minimum Gasteiger partial charge on any atom is -0.373 e. The minimum atomic E-state index is -0.110. The monoisotopic (exact) mass is 329 g/mol. The molecule has 0 spiro atoms. The first-order chi connectivity index (χ1) is 11.7. The SMILES string of the molecule is CCNC(=NCC1(C)CCCO1)NCCc1nc2ccccc2[nH]1. The molecule has 24 heavy (non-hydrogen) atoms. The molecule has 1 atom stereocenters. The standard InChI is InChI=1S/C18H27N5O/c1-3-19-17(21-13-18(2)10-6-12-24-18)20-11-9-16-22-14-7-4-5-8-15(14)23-16/h4-5,7-8H,3,6,9-13H2,1-2H3,(H,22,23)(H2,19,20,21). The van der Waals surface area contributed by atoms with Gasteiger partial charge in [-0.25, -0.2) is 4.98 Å². The van der Waals surface area contributed by atoms with E-state index in [9.17, 15) is 0 Å². The third-order valence-electron chi connectivity index (χ3n) is 4.31. The lowest BCUT2D eigenvalue weighted by atomic mass is 10.0. The fourth-order valence-electron chi connectivity index (χ4n) is 2.97. The van der Waals surface area contributed by atoms with E-state index in [1.807, 2.05) is 24.3 Å². The van der Waals surface area contributed by atoms with Crippen molar-refractivity contribution in [1.82, 2.24) is 20.6 Å². The number of fused-ring (bicyclic) bond motifs is 1. The van der Waals surface area contributed by atoms with Crippen molar-refractivity contribution >= 4 is 17.0 Å². The van der Waals surface area contributed by atoms with E-state index < -0.39 is 0 Å². The number of benzene rings is 1. The summed E-state index contributed by atoms with van der Waals surface area (Å²) < 4.78 is 5.80.